The van der Waals surface area contributed by atoms with Gasteiger partial charge in [0.2, 0.25) is 5.91 Å². The summed E-state index contributed by atoms with van der Waals surface area (Å²) in [5.74, 6) is -0.479. The highest BCUT2D eigenvalue weighted by Crippen LogP contribution is 2.17. The summed E-state index contributed by atoms with van der Waals surface area (Å²) in [5.41, 5.74) is 7.37. The van der Waals surface area contributed by atoms with E-state index in [2.05, 4.69) is 34.4 Å². The first-order valence-electron chi connectivity index (χ1n) is 20.1. The molecule has 0 aromatic heterocycles. The number of hydrogen-bond donors (Lipinski definition) is 4. The van der Waals surface area contributed by atoms with Gasteiger partial charge in [-0.3, -0.25) is 24.5 Å². The van der Waals surface area contributed by atoms with Crippen LogP contribution in [0, 0.1) is 0 Å². The van der Waals surface area contributed by atoms with Crippen molar-refractivity contribution in [3.05, 3.63) is 156 Å². The number of urea groups is 1. The van der Waals surface area contributed by atoms with E-state index in [1.54, 1.807) is 12.1 Å². The zero-order chi connectivity index (χ0) is 43.0. The summed E-state index contributed by atoms with van der Waals surface area (Å²) in [4.78, 5) is 71.5. The maximum absolute atomic E-state index is 12.4. The minimum absolute atomic E-state index is 0.0491. The zero-order valence-electron chi connectivity index (χ0n) is 34.0. The first-order valence-corrected chi connectivity index (χ1v) is 20.1. The molecule has 0 atom stereocenters. The standard InChI is InChI=1S/C48H54N4O8/c1-3-43(53)9-7-28-50-47(57)51-41-23-19-37(20-24-41)32-38-21-25-42(26-22-38)52-48(58)60-30-6-5-29-59-46(56)34-40-17-13-36(14-18-40)31-35-11-15-39(16-12-35)33-44(54)10-8-27-49-45(55)4-2/h3-4,11-26H,1-2,5-10,27-34H2,(H,49,55)(H,52,58)(H2,50,51,57). The lowest BCUT2D eigenvalue weighted by molar-refractivity contribution is -0.143. The van der Waals surface area contributed by atoms with E-state index in [1.165, 1.54) is 12.2 Å². The average molecular weight is 815 g/mol. The van der Waals surface area contributed by atoms with Crippen LogP contribution in [0.4, 0.5) is 21.0 Å². The van der Waals surface area contributed by atoms with Crippen molar-refractivity contribution in [1.29, 1.82) is 0 Å². The van der Waals surface area contributed by atoms with E-state index in [9.17, 15) is 28.8 Å². The van der Waals surface area contributed by atoms with Crippen LogP contribution < -0.4 is 21.3 Å². The number of benzene rings is 4. The van der Waals surface area contributed by atoms with Crippen LogP contribution >= 0.6 is 0 Å². The van der Waals surface area contributed by atoms with E-state index in [1.807, 2.05) is 84.9 Å². The van der Waals surface area contributed by atoms with Gasteiger partial charge in [-0.25, -0.2) is 9.59 Å². The van der Waals surface area contributed by atoms with Gasteiger partial charge in [0.25, 0.3) is 0 Å². The lowest BCUT2D eigenvalue weighted by Crippen LogP contribution is -2.29. The molecule has 0 saturated carbocycles. The molecule has 0 fully saturated rings. The molecule has 12 heteroatoms. The average Bonchev–Trinajstić information content (AvgIpc) is 3.25. The zero-order valence-corrected chi connectivity index (χ0v) is 34.0. The summed E-state index contributed by atoms with van der Waals surface area (Å²) >= 11 is 0. The van der Waals surface area contributed by atoms with Gasteiger partial charge in [-0.15, -0.1) is 0 Å². The Kier molecular flexibility index (Phi) is 19.5. The van der Waals surface area contributed by atoms with Crippen molar-refractivity contribution in [2.24, 2.45) is 0 Å². The monoisotopic (exact) mass is 814 g/mol. The Bertz CT molecular complexity index is 1900. The van der Waals surface area contributed by atoms with Crippen molar-refractivity contribution in [2.75, 3.05) is 36.9 Å². The van der Waals surface area contributed by atoms with Gasteiger partial charge in [0, 0.05) is 43.7 Å². The number of ketones is 2. The summed E-state index contributed by atoms with van der Waals surface area (Å²) < 4.78 is 10.7. The predicted molar refractivity (Wildman–Crippen MR) is 233 cm³/mol. The summed E-state index contributed by atoms with van der Waals surface area (Å²) in [7, 11) is 0. The van der Waals surface area contributed by atoms with Crippen molar-refractivity contribution < 1.29 is 38.2 Å². The molecular formula is C48H54N4O8. The fourth-order valence-corrected chi connectivity index (χ4v) is 5.99. The Labute approximate surface area is 351 Å². The molecule has 12 nitrogen and oxygen atoms in total. The van der Waals surface area contributed by atoms with Gasteiger partial charge in [0.15, 0.2) is 5.78 Å². The van der Waals surface area contributed by atoms with Gasteiger partial charge in [0.05, 0.1) is 19.6 Å². The third-order valence-corrected chi connectivity index (χ3v) is 9.29. The number of nitrogens with one attached hydrogen (secondary N) is 4. The number of rotatable bonds is 25. The second kappa shape index (κ2) is 25.5. The number of Topliss-reactive ketones (excluding diaryl/α,β-unsaturated/α-hetero) is 1. The molecule has 314 valence electrons. The summed E-state index contributed by atoms with van der Waals surface area (Å²) in [6.45, 7) is 8.10. The molecule has 0 bridgehead atoms. The molecule has 0 heterocycles. The topological polar surface area (TPSA) is 169 Å². The van der Waals surface area contributed by atoms with Gasteiger partial charge >= 0.3 is 18.1 Å². The van der Waals surface area contributed by atoms with Gasteiger partial charge in [-0.05, 0) is 108 Å². The summed E-state index contributed by atoms with van der Waals surface area (Å²) in [6.07, 6.45) is 6.83. The highest BCUT2D eigenvalue weighted by atomic mass is 16.5. The molecule has 4 amide bonds. The molecule has 0 aliphatic heterocycles. The smallest absolute Gasteiger partial charge is 0.411 e. The molecule has 0 radical (unpaired) electrons. The minimum atomic E-state index is -0.565. The molecule has 0 aliphatic carbocycles. The van der Waals surface area contributed by atoms with Crippen LogP contribution in [0.1, 0.15) is 71.9 Å². The fourth-order valence-electron chi connectivity index (χ4n) is 5.99. The number of esters is 1. The molecule has 60 heavy (non-hydrogen) atoms. The Morgan fingerprint density at radius 3 is 1.52 bits per heavy atom. The number of allylic oxidation sites excluding steroid dienone is 1. The molecule has 4 aromatic carbocycles. The van der Waals surface area contributed by atoms with Crippen LogP contribution in [0.15, 0.2) is 122 Å². The molecule has 4 rings (SSSR count). The maximum Gasteiger partial charge on any atom is 0.411 e. The Morgan fingerprint density at radius 1 is 0.500 bits per heavy atom. The molecule has 4 N–H and O–H groups in total. The van der Waals surface area contributed by atoms with Crippen molar-refractivity contribution in [3.63, 3.8) is 0 Å². The van der Waals surface area contributed by atoms with Crippen LogP contribution in [0.5, 0.6) is 0 Å². The van der Waals surface area contributed by atoms with Crippen LogP contribution in [0.2, 0.25) is 0 Å². The van der Waals surface area contributed by atoms with E-state index in [0.29, 0.717) is 75.8 Å². The van der Waals surface area contributed by atoms with Crippen molar-refractivity contribution in [3.8, 4) is 0 Å². The number of carbonyl (C=O) groups excluding carboxylic acids is 6. The number of carbonyl (C=O) groups is 6. The van der Waals surface area contributed by atoms with E-state index in [-0.39, 0.29) is 49.1 Å². The van der Waals surface area contributed by atoms with E-state index < -0.39 is 6.09 Å². The molecule has 0 aliphatic rings. The quantitative estimate of drug-likeness (QED) is 0.0298. The van der Waals surface area contributed by atoms with E-state index in [0.717, 1.165) is 39.8 Å². The number of ether oxygens (including phenoxy) is 2. The predicted octanol–water partition coefficient (Wildman–Crippen LogP) is 7.83. The maximum atomic E-state index is 12.4. The Balaban J connectivity index is 1.04. The van der Waals surface area contributed by atoms with Crippen LogP contribution in [0.25, 0.3) is 0 Å². The van der Waals surface area contributed by atoms with Crippen molar-refractivity contribution in [1.82, 2.24) is 10.6 Å². The highest BCUT2D eigenvalue weighted by molar-refractivity contribution is 5.90. The van der Waals surface area contributed by atoms with E-state index >= 15 is 0 Å². The Morgan fingerprint density at radius 2 is 0.967 bits per heavy atom. The fraction of sp³-hybridized carbons (Fsp3) is 0.292. The molecule has 0 saturated heterocycles. The third kappa shape index (κ3) is 18.2. The number of hydrogen-bond acceptors (Lipinski definition) is 8. The number of anilines is 2. The Hall–Kier alpha value is -6.82. The SMILES string of the molecule is C=CC(=O)CCCNC(=O)Nc1ccc(Cc2ccc(NC(=O)OCCCCOC(=O)Cc3ccc(Cc4ccc(CC(=O)CCCNC(=O)C=C)cc4)cc3)cc2)cc1. The first kappa shape index (κ1) is 45.9. The van der Waals surface area contributed by atoms with Crippen molar-refractivity contribution in [2.45, 2.75) is 64.2 Å². The van der Waals surface area contributed by atoms with Crippen LogP contribution in [-0.4, -0.2) is 61.9 Å². The normalized spacial score (nSPS) is 10.5. The molecular weight excluding hydrogens is 761 g/mol. The molecule has 0 unspecified atom stereocenters. The van der Waals surface area contributed by atoms with Gasteiger partial charge in [-0.2, -0.15) is 0 Å². The summed E-state index contributed by atoms with van der Waals surface area (Å²) in [5, 5.41) is 10.9. The van der Waals surface area contributed by atoms with Crippen molar-refractivity contribution >= 4 is 46.9 Å². The van der Waals surface area contributed by atoms with Crippen LogP contribution in [-0.2, 0) is 54.3 Å². The first-order chi connectivity index (χ1) is 29.1. The lowest BCUT2D eigenvalue weighted by Gasteiger charge is -2.10. The van der Waals surface area contributed by atoms with Crippen LogP contribution in [0.3, 0.4) is 0 Å². The number of amides is 4. The molecule has 0 spiro atoms. The second-order valence-electron chi connectivity index (χ2n) is 14.2. The van der Waals surface area contributed by atoms with Gasteiger partial charge in [0.1, 0.15) is 5.78 Å². The van der Waals surface area contributed by atoms with Gasteiger partial charge in [-0.1, -0.05) is 86.0 Å². The molecule has 4 aromatic rings. The lowest BCUT2D eigenvalue weighted by atomic mass is 9.99. The largest absolute Gasteiger partial charge is 0.465 e. The second-order valence-corrected chi connectivity index (χ2v) is 14.2. The van der Waals surface area contributed by atoms with E-state index in [4.69, 9.17) is 9.47 Å². The third-order valence-electron chi connectivity index (χ3n) is 9.29. The minimum Gasteiger partial charge on any atom is -0.465 e. The number of unbranched alkanes of at least 4 members (excludes halogenated alkanes) is 1. The summed E-state index contributed by atoms with van der Waals surface area (Å²) in [6, 6.07) is 30.4. The van der Waals surface area contributed by atoms with Gasteiger partial charge < -0.3 is 25.4 Å². The highest BCUT2D eigenvalue weighted by Gasteiger charge is 2.09.